The Labute approximate surface area is 63.8 Å². The fourth-order valence-electron chi connectivity index (χ4n) is 0. The average Bonchev–Trinajstić information content (AvgIpc) is 0. The van der Waals surface area contributed by atoms with E-state index in [1.807, 2.05) is 0 Å². The summed E-state index contributed by atoms with van der Waals surface area (Å²) in [6, 6.07) is 0. The van der Waals surface area contributed by atoms with Crippen LogP contribution in [0, 0.1) is 0 Å². The van der Waals surface area contributed by atoms with Crippen molar-refractivity contribution >= 4 is 13.5 Å². The van der Waals surface area contributed by atoms with E-state index in [9.17, 15) is 0 Å². The van der Waals surface area contributed by atoms with Gasteiger partial charge in [0.25, 0.3) is 0 Å². The Morgan fingerprint density at radius 3 is 1.00 bits per heavy atom. The second kappa shape index (κ2) is 20.8. The Morgan fingerprint density at radius 1 is 1.00 bits per heavy atom. The largest absolute Gasteiger partial charge is 0.197 e. The Morgan fingerprint density at radius 2 is 1.00 bits per heavy atom. The molecule has 0 N–H and O–H groups in total. The molecule has 0 aliphatic rings. The SMILES string of the molecule is S.[Cu].[Fe].[Ni]. The van der Waals surface area contributed by atoms with E-state index in [0.29, 0.717) is 0 Å². The van der Waals surface area contributed by atoms with E-state index < -0.39 is 0 Å². The van der Waals surface area contributed by atoms with Crippen LogP contribution in [0.2, 0.25) is 0 Å². The predicted octanol–water partition coefficient (Wildman–Crippen LogP) is 0.105. The molecular weight excluding hydrogens is 210 g/mol. The molecule has 0 atom stereocenters. The first-order valence-electron chi connectivity index (χ1n) is 0. The first-order chi connectivity index (χ1) is 0. The molecule has 0 aromatic heterocycles. The first kappa shape index (κ1) is 39.6. The van der Waals surface area contributed by atoms with Gasteiger partial charge in [-0.2, -0.15) is 13.5 Å². The molecule has 0 amide bonds. The predicted molar refractivity (Wildman–Crippen MR) is 10.4 cm³/mol. The molecule has 0 bridgehead atoms. The zero-order valence-electron chi connectivity index (χ0n) is 1.47. The summed E-state index contributed by atoms with van der Waals surface area (Å²) in [6.45, 7) is 0. The topological polar surface area (TPSA) is 0 Å². The smallest absolute Gasteiger partial charge is 0 e. The molecule has 4 heavy (non-hydrogen) atoms. The van der Waals surface area contributed by atoms with Crippen LogP contribution in [0.5, 0.6) is 0 Å². The van der Waals surface area contributed by atoms with Gasteiger partial charge in [-0.15, -0.1) is 0 Å². The second-order valence-electron chi connectivity index (χ2n) is 0. The summed E-state index contributed by atoms with van der Waals surface area (Å²) in [5, 5.41) is 0. The van der Waals surface area contributed by atoms with Gasteiger partial charge in [0.05, 0.1) is 0 Å². The Bertz CT molecular complexity index is 8.00. The zero-order chi connectivity index (χ0) is 0. The van der Waals surface area contributed by atoms with E-state index in [-0.39, 0.29) is 64.1 Å². The van der Waals surface area contributed by atoms with Gasteiger partial charge >= 0.3 is 0 Å². The van der Waals surface area contributed by atoms with Crippen molar-refractivity contribution in [3.63, 3.8) is 0 Å². The van der Waals surface area contributed by atoms with Crippen molar-refractivity contribution in [1.29, 1.82) is 0 Å². The molecule has 0 aliphatic heterocycles. The van der Waals surface area contributed by atoms with Gasteiger partial charge in [-0.25, -0.2) is 0 Å². The monoisotopic (exact) mass is 211 g/mol. The van der Waals surface area contributed by atoms with E-state index in [1.54, 1.807) is 0 Å². The second-order valence-corrected chi connectivity index (χ2v) is 0. The molecular formula is H2CuFeNiS. The minimum absolute atomic E-state index is 0. The van der Waals surface area contributed by atoms with Crippen molar-refractivity contribution in [2.24, 2.45) is 0 Å². The van der Waals surface area contributed by atoms with E-state index in [0.717, 1.165) is 0 Å². The van der Waals surface area contributed by atoms with Gasteiger partial charge in [0.15, 0.2) is 0 Å². The summed E-state index contributed by atoms with van der Waals surface area (Å²) < 4.78 is 0. The molecule has 37 valence electrons. The van der Waals surface area contributed by atoms with Crippen LogP contribution < -0.4 is 0 Å². The molecule has 0 saturated heterocycles. The van der Waals surface area contributed by atoms with Crippen molar-refractivity contribution < 1.29 is 50.6 Å². The van der Waals surface area contributed by atoms with Crippen LogP contribution >= 0.6 is 13.5 Å². The summed E-state index contributed by atoms with van der Waals surface area (Å²) in [5.74, 6) is 0. The maximum Gasteiger partial charge on any atom is 0 e. The molecule has 0 nitrogen and oxygen atoms in total. The van der Waals surface area contributed by atoms with Crippen molar-refractivity contribution in [3.05, 3.63) is 0 Å². The van der Waals surface area contributed by atoms with Crippen LogP contribution in [0.25, 0.3) is 0 Å². The van der Waals surface area contributed by atoms with Crippen LogP contribution in [0.1, 0.15) is 0 Å². The standard InChI is InChI=1S/Cu.Fe.Ni.H2S/h;;;1H2. The van der Waals surface area contributed by atoms with E-state index in [2.05, 4.69) is 0 Å². The van der Waals surface area contributed by atoms with Gasteiger partial charge in [0.2, 0.25) is 0 Å². The Hall–Kier alpha value is 1.88. The minimum atomic E-state index is 0. The summed E-state index contributed by atoms with van der Waals surface area (Å²) in [7, 11) is 0. The van der Waals surface area contributed by atoms with Crippen molar-refractivity contribution in [1.82, 2.24) is 0 Å². The molecule has 1 radical (unpaired) electrons. The number of rotatable bonds is 0. The average molecular weight is 212 g/mol. The van der Waals surface area contributed by atoms with E-state index >= 15 is 0 Å². The fraction of sp³-hybridized carbons (Fsp3) is 0. The third-order valence-electron chi connectivity index (χ3n) is 0. The molecule has 0 saturated carbocycles. The summed E-state index contributed by atoms with van der Waals surface area (Å²) in [5.41, 5.74) is 0. The third kappa shape index (κ3) is 9.10. The summed E-state index contributed by atoms with van der Waals surface area (Å²) in [4.78, 5) is 0. The van der Waals surface area contributed by atoms with Crippen LogP contribution in [-0.4, -0.2) is 0 Å². The molecule has 0 aromatic rings. The maximum atomic E-state index is 0. The van der Waals surface area contributed by atoms with Gasteiger partial charge in [-0.1, -0.05) is 0 Å². The summed E-state index contributed by atoms with van der Waals surface area (Å²) >= 11 is 0. The normalized spacial score (nSPS) is 0. The van der Waals surface area contributed by atoms with Crippen molar-refractivity contribution in [2.45, 2.75) is 0 Å². The molecule has 0 fully saturated rings. The molecule has 0 aliphatic carbocycles. The van der Waals surface area contributed by atoms with Gasteiger partial charge in [-0.05, 0) is 0 Å². The van der Waals surface area contributed by atoms with Crippen LogP contribution in [0.4, 0.5) is 0 Å². The third-order valence-corrected chi connectivity index (χ3v) is 0. The van der Waals surface area contributed by atoms with E-state index in [4.69, 9.17) is 0 Å². The van der Waals surface area contributed by atoms with E-state index in [1.165, 1.54) is 0 Å². The van der Waals surface area contributed by atoms with Gasteiger partial charge < -0.3 is 0 Å². The first-order valence-corrected chi connectivity index (χ1v) is 0. The molecule has 0 unspecified atom stereocenters. The van der Waals surface area contributed by atoms with Crippen LogP contribution in [0.15, 0.2) is 0 Å². The zero-order valence-corrected chi connectivity index (χ0v) is 5.50. The van der Waals surface area contributed by atoms with Crippen LogP contribution in [-0.2, 0) is 50.6 Å². The van der Waals surface area contributed by atoms with Crippen LogP contribution in [0.3, 0.4) is 0 Å². The Kier molecular flexibility index (Phi) is 205. The van der Waals surface area contributed by atoms with Crippen molar-refractivity contribution in [3.8, 4) is 0 Å². The molecule has 0 spiro atoms. The Balaban J connectivity index is 0. The van der Waals surface area contributed by atoms with Crippen molar-refractivity contribution in [2.75, 3.05) is 0 Å². The quantitative estimate of drug-likeness (QED) is 0.500. The molecule has 0 aromatic carbocycles. The molecule has 0 heterocycles. The number of hydrogen-bond donors (Lipinski definition) is 0. The van der Waals surface area contributed by atoms with Gasteiger partial charge in [0.1, 0.15) is 0 Å². The minimum Gasteiger partial charge on any atom is -0.197 e. The number of hydrogen-bond acceptors (Lipinski definition) is 0. The van der Waals surface area contributed by atoms with Gasteiger partial charge in [-0.3, -0.25) is 0 Å². The molecule has 4 heteroatoms. The van der Waals surface area contributed by atoms with Gasteiger partial charge in [0, 0.05) is 50.6 Å². The summed E-state index contributed by atoms with van der Waals surface area (Å²) in [6.07, 6.45) is 0. The fourth-order valence-corrected chi connectivity index (χ4v) is 0. The maximum absolute atomic E-state index is 0. The molecule has 0 rings (SSSR count).